The average molecular weight is 219 g/mol. The third-order valence-electron chi connectivity index (χ3n) is 3.37. The number of carbonyl (C=O) groups is 1. The van der Waals surface area contributed by atoms with Gasteiger partial charge in [0.15, 0.2) is 0 Å². The van der Waals surface area contributed by atoms with Gasteiger partial charge in [-0.25, -0.2) is 0 Å². The molecule has 2 nitrogen and oxygen atoms in total. The minimum absolute atomic E-state index is 0.275. The van der Waals surface area contributed by atoms with Gasteiger partial charge in [-0.3, -0.25) is 4.79 Å². The standard InChI is InChI=1S/C14H21NO/c1-11(2)14(12(3)4,15-10-16)13-8-6-5-7-9-13/h5-12H,1-4H3,(H,15,16). The van der Waals surface area contributed by atoms with Gasteiger partial charge < -0.3 is 5.32 Å². The fourth-order valence-electron chi connectivity index (χ4n) is 2.56. The molecular formula is C14H21NO. The molecule has 0 heterocycles. The maximum absolute atomic E-state index is 10.9. The summed E-state index contributed by atoms with van der Waals surface area (Å²) in [5.41, 5.74) is 0.898. The highest BCUT2D eigenvalue weighted by Crippen LogP contribution is 2.36. The van der Waals surface area contributed by atoms with Crippen LogP contribution in [0.1, 0.15) is 33.3 Å². The topological polar surface area (TPSA) is 29.1 Å². The lowest BCUT2D eigenvalue weighted by molar-refractivity contribution is -0.112. The second-order valence-electron chi connectivity index (χ2n) is 4.81. The molecule has 2 heteroatoms. The summed E-state index contributed by atoms with van der Waals surface area (Å²) in [6.45, 7) is 8.57. The molecule has 1 rings (SSSR count). The van der Waals surface area contributed by atoms with E-state index < -0.39 is 0 Å². The van der Waals surface area contributed by atoms with Gasteiger partial charge in [0.25, 0.3) is 0 Å². The SMILES string of the molecule is CC(C)C(NC=O)(c1ccccc1)C(C)C. The number of nitrogens with one attached hydrogen (secondary N) is 1. The van der Waals surface area contributed by atoms with Gasteiger partial charge in [0.05, 0.1) is 5.54 Å². The van der Waals surface area contributed by atoms with Gasteiger partial charge in [-0.2, -0.15) is 0 Å². The number of hydrogen-bond acceptors (Lipinski definition) is 1. The normalized spacial score (nSPS) is 11.9. The predicted octanol–water partition coefficient (Wildman–Crippen LogP) is 2.94. The first-order chi connectivity index (χ1) is 7.55. The first kappa shape index (κ1) is 12.8. The van der Waals surface area contributed by atoms with E-state index in [4.69, 9.17) is 0 Å². The van der Waals surface area contributed by atoms with Crippen molar-refractivity contribution in [2.45, 2.75) is 33.2 Å². The lowest BCUT2D eigenvalue weighted by atomic mass is 9.72. The first-order valence-corrected chi connectivity index (χ1v) is 5.82. The molecule has 0 spiro atoms. The molecule has 0 radical (unpaired) electrons. The van der Waals surface area contributed by atoms with Crippen LogP contribution in [0.15, 0.2) is 30.3 Å². The van der Waals surface area contributed by atoms with Crippen LogP contribution < -0.4 is 5.32 Å². The molecule has 88 valence electrons. The van der Waals surface area contributed by atoms with E-state index in [1.807, 2.05) is 18.2 Å². The fourth-order valence-corrected chi connectivity index (χ4v) is 2.56. The summed E-state index contributed by atoms with van der Waals surface area (Å²) < 4.78 is 0. The molecule has 1 amide bonds. The second kappa shape index (κ2) is 5.15. The maximum atomic E-state index is 10.9. The van der Waals surface area contributed by atoms with E-state index in [1.165, 1.54) is 5.56 Å². The molecule has 0 aromatic heterocycles. The van der Waals surface area contributed by atoms with Gasteiger partial charge in [0, 0.05) is 0 Å². The monoisotopic (exact) mass is 219 g/mol. The molecule has 0 bridgehead atoms. The quantitative estimate of drug-likeness (QED) is 0.758. The first-order valence-electron chi connectivity index (χ1n) is 5.82. The maximum Gasteiger partial charge on any atom is 0.207 e. The van der Waals surface area contributed by atoms with E-state index in [-0.39, 0.29) is 5.54 Å². The molecular weight excluding hydrogens is 198 g/mol. The van der Waals surface area contributed by atoms with Crippen molar-refractivity contribution in [1.82, 2.24) is 5.32 Å². The molecule has 1 aromatic carbocycles. The lowest BCUT2D eigenvalue weighted by Gasteiger charge is -2.41. The highest BCUT2D eigenvalue weighted by atomic mass is 16.1. The molecule has 0 aliphatic heterocycles. The Morgan fingerprint density at radius 3 is 1.94 bits per heavy atom. The zero-order chi connectivity index (χ0) is 12.2. The summed E-state index contributed by atoms with van der Waals surface area (Å²) in [5.74, 6) is 0.695. The largest absolute Gasteiger partial charge is 0.349 e. The van der Waals surface area contributed by atoms with Crippen molar-refractivity contribution in [1.29, 1.82) is 0 Å². The molecule has 1 N–H and O–H groups in total. The summed E-state index contributed by atoms with van der Waals surface area (Å²) in [7, 11) is 0. The van der Waals surface area contributed by atoms with Crippen LogP contribution in [0, 0.1) is 11.8 Å². The van der Waals surface area contributed by atoms with Crippen molar-refractivity contribution < 1.29 is 4.79 Å². The van der Waals surface area contributed by atoms with E-state index in [2.05, 4.69) is 45.1 Å². The van der Waals surface area contributed by atoms with Crippen LogP contribution in [0.5, 0.6) is 0 Å². The zero-order valence-corrected chi connectivity index (χ0v) is 10.5. The number of amides is 1. The molecule has 0 saturated carbocycles. The average Bonchev–Trinajstić information content (AvgIpc) is 2.26. The van der Waals surface area contributed by atoms with Gasteiger partial charge in [0.1, 0.15) is 0 Å². The second-order valence-corrected chi connectivity index (χ2v) is 4.81. The van der Waals surface area contributed by atoms with Crippen molar-refractivity contribution in [2.24, 2.45) is 11.8 Å². The van der Waals surface area contributed by atoms with Crippen molar-refractivity contribution in [3.05, 3.63) is 35.9 Å². The lowest BCUT2D eigenvalue weighted by Crippen LogP contribution is -2.50. The summed E-state index contributed by atoms with van der Waals surface area (Å²) in [6.07, 6.45) is 0.812. The third-order valence-corrected chi connectivity index (χ3v) is 3.37. The minimum atomic E-state index is -0.275. The summed E-state index contributed by atoms with van der Waals surface area (Å²) in [4.78, 5) is 10.9. The Morgan fingerprint density at radius 1 is 1.06 bits per heavy atom. The Hall–Kier alpha value is -1.31. The van der Waals surface area contributed by atoms with Gasteiger partial charge >= 0.3 is 0 Å². The van der Waals surface area contributed by atoms with E-state index in [1.54, 1.807) is 0 Å². The van der Waals surface area contributed by atoms with E-state index in [0.717, 1.165) is 6.41 Å². The molecule has 0 unspecified atom stereocenters. The van der Waals surface area contributed by atoms with Crippen molar-refractivity contribution >= 4 is 6.41 Å². The highest BCUT2D eigenvalue weighted by molar-refractivity contribution is 5.50. The fraction of sp³-hybridized carbons (Fsp3) is 0.500. The van der Waals surface area contributed by atoms with Crippen molar-refractivity contribution in [3.63, 3.8) is 0 Å². The number of hydrogen-bond donors (Lipinski definition) is 1. The van der Waals surface area contributed by atoms with Gasteiger partial charge in [-0.15, -0.1) is 0 Å². The highest BCUT2D eigenvalue weighted by Gasteiger charge is 2.38. The Balaban J connectivity index is 3.27. The number of benzene rings is 1. The van der Waals surface area contributed by atoms with E-state index in [9.17, 15) is 4.79 Å². The van der Waals surface area contributed by atoms with Crippen LogP contribution >= 0.6 is 0 Å². The molecule has 1 aromatic rings. The van der Waals surface area contributed by atoms with Gasteiger partial charge in [0.2, 0.25) is 6.41 Å². The Bertz CT molecular complexity index is 322. The van der Waals surface area contributed by atoms with Crippen molar-refractivity contribution in [2.75, 3.05) is 0 Å². The van der Waals surface area contributed by atoms with Gasteiger partial charge in [-0.05, 0) is 17.4 Å². The Labute approximate surface area is 98.1 Å². The van der Waals surface area contributed by atoms with Gasteiger partial charge in [-0.1, -0.05) is 58.0 Å². The molecule has 0 aliphatic rings. The molecule has 0 atom stereocenters. The van der Waals surface area contributed by atoms with E-state index >= 15 is 0 Å². The number of rotatable bonds is 5. The van der Waals surface area contributed by atoms with Crippen LogP contribution in [0.4, 0.5) is 0 Å². The molecule has 0 fully saturated rings. The summed E-state index contributed by atoms with van der Waals surface area (Å²) in [5, 5.41) is 3.03. The van der Waals surface area contributed by atoms with Crippen LogP contribution in [-0.2, 0) is 10.3 Å². The summed E-state index contributed by atoms with van der Waals surface area (Å²) >= 11 is 0. The zero-order valence-electron chi connectivity index (χ0n) is 10.5. The van der Waals surface area contributed by atoms with Crippen LogP contribution in [-0.4, -0.2) is 6.41 Å². The smallest absolute Gasteiger partial charge is 0.207 e. The van der Waals surface area contributed by atoms with Crippen LogP contribution in [0.25, 0.3) is 0 Å². The molecule has 0 aliphatic carbocycles. The Kier molecular flexibility index (Phi) is 4.11. The minimum Gasteiger partial charge on any atom is -0.349 e. The Morgan fingerprint density at radius 2 is 1.56 bits per heavy atom. The van der Waals surface area contributed by atoms with Crippen molar-refractivity contribution in [3.8, 4) is 0 Å². The number of carbonyl (C=O) groups excluding carboxylic acids is 1. The predicted molar refractivity (Wildman–Crippen MR) is 67.0 cm³/mol. The third kappa shape index (κ3) is 2.11. The molecule has 16 heavy (non-hydrogen) atoms. The van der Waals surface area contributed by atoms with E-state index in [0.29, 0.717) is 11.8 Å². The summed E-state index contributed by atoms with van der Waals surface area (Å²) in [6, 6.07) is 10.2. The van der Waals surface area contributed by atoms with Crippen LogP contribution in [0.3, 0.4) is 0 Å². The molecule has 0 saturated heterocycles. The van der Waals surface area contributed by atoms with Crippen LogP contribution in [0.2, 0.25) is 0 Å².